The first kappa shape index (κ1) is 17.2. The lowest BCUT2D eigenvalue weighted by Crippen LogP contribution is -2.60. The average molecular weight is 363 g/mol. The van der Waals surface area contributed by atoms with Gasteiger partial charge in [0.15, 0.2) is 0 Å². The number of β-amino-alcohol motifs (C(OH)–C–C–N with tert-alkyl or cyclic N) is 1. The monoisotopic (exact) mass is 363 g/mol. The maximum atomic E-state index is 10.1. The summed E-state index contributed by atoms with van der Waals surface area (Å²) in [5.74, 6) is 0.478. The summed E-state index contributed by atoms with van der Waals surface area (Å²) in [6, 6.07) is 6.18. The van der Waals surface area contributed by atoms with Gasteiger partial charge in [-0.05, 0) is 31.4 Å². The lowest BCUT2D eigenvalue weighted by Gasteiger charge is -2.43. The standard InChI is InChI=1S/C18H25N3O3S/c1-11-17(23)18(24)14(22)9-21(11)8-12-5-6-20(7-12)13-3-2-4-15-16(13)19-10-25-15/h2-4,10-12,14,17-18,22-24H,5-9H2,1H3/t11-,12?,14+,17-,18-/m1/s1. The molecule has 0 aliphatic carbocycles. The number of rotatable bonds is 3. The number of nitrogens with zero attached hydrogens (tertiary/aromatic N) is 3. The number of aliphatic hydroxyl groups is 3. The van der Waals surface area contributed by atoms with Crippen molar-refractivity contribution in [3.05, 3.63) is 23.7 Å². The lowest BCUT2D eigenvalue weighted by molar-refractivity contribution is -0.134. The minimum Gasteiger partial charge on any atom is -0.389 e. The van der Waals surface area contributed by atoms with Crippen LogP contribution in [0.5, 0.6) is 0 Å². The molecule has 0 spiro atoms. The van der Waals surface area contributed by atoms with Crippen molar-refractivity contribution in [2.45, 2.75) is 37.7 Å². The molecule has 0 radical (unpaired) electrons. The number of hydrogen-bond acceptors (Lipinski definition) is 7. The highest BCUT2D eigenvalue weighted by molar-refractivity contribution is 7.16. The van der Waals surface area contributed by atoms with E-state index in [9.17, 15) is 15.3 Å². The molecule has 4 rings (SSSR count). The molecule has 2 saturated heterocycles. The first-order chi connectivity index (χ1) is 12.0. The molecule has 3 heterocycles. The van der Waals surface area contributed by atoms with Crippen LogP contribution in [0.2, 0.25) is 0 Å². The van der Waals surface area contributed by atoms with Crippen LogP contribution in [0.3, 0.4) is 0 Å². The third-order valence-electron chi connectivity index (χ3n) is 5.69. The number of likely N-dealkylation sites (tertiary alicyclic amines) is 1. The highest BCUT2D eigenvalue weighted by Gasteiger charge is 2.40. The highest BCUT2D eigenvalue weighted by Crippen LogP contribution is 2.32. The molecule has 1 aromatic carbocycles. The molecule has 2 aliphatic heterocycles. The topological polar surface area (TPSA) is 80.1 Å². The Hall–Kier alpha value is -1.25. The van der Waals surface area contributed by atoms with Crippen molar-refractivity contribution in [3.8, 4) is 0 Å². The van der Waals surface area contributed by atoms with Gasteiger partial charge in [0.2, 0.25) is 0 Å². The molecule has 6 nitrogen and oxygen atoms in total. The van der Waals surface area contributed by atoms with E-state index in [4.69, 9.17) is 0 Å². The van der Waals surface area contributed by atoms with Crippen LogP contribution in [-0.2, 0) is 0 Å². The summed E-state index contributed by atoms with van der Waals surface area (Å²) in [5, 5.41) is 29.9. The zero-order valence-corrected chi connectivity index (χ0v) is 15.1. The number of aliphatic hydroxyl groups excluding tert-OH is 3. The quantitative estimate of drug-likeness (QED) is 0.752. The second-order valence-corrected chi connectivity index (χ2v) is 8.21. The van der Waals surface area contributed by atoms with E-state index >= 15 is 0 Å². The molecule has 136 valence electrons. The Balaban J connectivity index is 1.44. The Morgan fingerprint density at radius 1 is 1.20 bits per heavy atom. The zero-order chi connectivity index (χ0) is 17.6. The molecular formula is C18H25N3O3S. The Bertz CT molecular complexity index is 739. The van der Waals surface area contributed by atoms with Crippen LogP contribution in [-0.4, -0.2) is 75.7 Å². The maximum Gasteiger partial charge on any atom is 0.108 e. The summed E-state index contributed by atoms with van der Waals surface area (Å²) in [7, 11) is 0. The van der Waals surface area contributed by atoms with Crippen molar-refractivity contribution in [1.29, 1.82) is 0 Å². The normalized spacial score (nSPS) is 34.1. The van der Waals surface area contributed by atoms with Gasteiger partial charge in [-0.1, -0.05) is 6.07 Å². The number of anilines is 1. The SMILES string of the molecule is C[C@@H]1[C@@H](O)[C@H](O)[C@@H](O)CN1CC1CCN(c2cccc3scnc23)C1. The Kier molecular flexibility index (Phi) is 4.68. The summed E-state index contributed by atoms with van der Waals surface area (Å²) in [6.45, 7) is 5.11. The lowest BCUT2D eigenvalue weighted by atomic mass is 9.93. The molecule has 3 N–H and O–H groups in total. The molecule has 2 aliphatic rings. The van der Waals surface area contributed by atoms with E-state index in [0.717, 1.165) is 31.6 Å². The van der Waals surface area contributed by atoms with Crippen LogP contribution >= 0.6 is 11.3 Å². The van der Waals surface area contributed by atoms with Crippen LogP contribution in [0.1, 0.15) is 13.3 Å². The van der Waals surface area contributed by atoms with Crippen LogP contribution in [0, 0.1) is 5.92 Å². The van der Waals surface area contributed by atoms with Gasteiger partial charge in [0, 0.05) is 32.2 Å². The molecule has 7 heteroatoms. The second kappa shape index (κ2) is 6.81. The van der Waals surface area contributed by atoms with E-state index in [2.05, 4.69) is 33.0 Å². The summed E-state index contributed by atoms with van der Waals surface area (Å²) in [4.78, 5) is 9.02. The van der Waals surface area contributed by atoms with Gasteiger partial charge in [0.25, 0.3) is 0 Å². The van der Waals surface area contributed by atoms with E-state index in [1.807, 2.05) is 12.4 Å². The second-order valence-electron chi connectivity index (χ2n) is 7.32. The van der Waals surface area contributed by atoms with E-state index in [1.54, 1.807) is 11.3 Å². The molecule has 1 unspecified atom stereocenters. The Morgan fingerprint density at radius 2 is 2.04 bits per heavy atom. The molecule has 2 aromatic rings. The van der Waals surface area contributed by atoms with Gasteiger partial charge < -0.3 is 20.2 Å². The molecular weight excluding hydrogens is 338 g/mol. The number of fused-ring (bicyclic) bond motifs is 1. The van der Waals surface area contributed by atoms with E-state index < -0.39 is 18.3 Å². The fourth-order valence-electron chi connectivity index (χ4n) is 4.14. The van der Waals surface area contributed by atoms with Gasteiger partial charge in [-0.2, -0.15) is 0 Å². The predicted molar refractivity (Wildman–Crippen MR) is 99.0 cm³/mol. The fourth-order valence-corrected chi connectivity index (χ4v) is 4.84. The molecule has 5 atom stereocenters. The van der Waals surface area contributed by atoms with Crippen molar-refractivity contribution >= 4 is 27.2 Å². The smallest absolute Gasteiger partial charge is 0.108 e. The number of hydrogen-bond donors (Lipinski definition) is 3. The fraction of sp³-hybridized carbons (Fsp3) is 0.611. The largest absolute Gasteiger partial charge is 0.389 e. The maximum absolute atomic E-state index is 10.1. The number of aromatic nitrogens is 1. The van der Waals surface area contributed by atoms with Gasteiger partial charge >= 0.3 is 0 Å². The summed E-state index contributed by atoms with van der Waals surface area (Å²) in [6.07, 6.45) is -1.75. The molecule has 0 amide bonds. The molecule has 2 fully saturated rings. The van der Waals surface area contributed by atoms with Crippen LogP contribution in [0.15, 0.2) is 23.7 Å². The zero-order valence-electron chi connectivity index (χ0n) is 14.3. The Labute approximate surface area is 151 Å². The van der Waals surface area contributed by atoms with Crippen molar-refractivity contribution in [2.75, 3.05) is 31.1 Å². The van der Waals surface area contributed by atoms with Crippen LogP contribution < -0.4 is 4.90 Å². The number of piperidine rings is 1. The number of thiazole rings is 1. The summed E-state index contributed by atoms with van der Waals surface area (Å²) < 4.78 is 1.21. The van der Waals surface area contributed by atoms with E-state index in [-0.39, 0.29) is 6.04 Å². The average Bonchev–Trinajstić information content (AvgIpc) is 3.26. The minimum absolute atomic E-state index is 0.144. The highest BCUT2D eigenvalue weighted by atomic mass is 32.1. The summed E-state index contributed by atoms with van der Waals surface area (Å²) in [5.41, 5.74) is 4.17. The van der Waals surface area contributed by atoms with Crippen LogP contribution in [0.25, 0.3) is 10.2 Å². The van der Waals surface area contributed by atoms with E-state index in [1.165, 1.54) is 10.4 Å². The van der Waals surface area contributed by atoms with Crippen molar-refractivity contribution in [1.82, 2.24) is 9.88 Å². The number of para-hydroxylation sites is 1. The number of benzene rings is 1. The van der Waals surface area contributed by atoms with Crippen molar-refractivity contribution in [2.24, 2.45) is 5.92 Å². The van der Waals surface area contributed by atoms with Gasteiger partial charge in [-0.3, -0.25) is 4.90 Å². The Morgan fingerprint density at radius 3 is 2.88 bits per heavy atom. The molecule has 0 bridgehead atoms. The van der Waals surface area contributed by atoms with Gasteiger partial charge in [0.05, 0.1) is 28.1 Å². The first-order valence-corrected chi connectivity index (χ1v) is 9.78. The van der Waals surface area contributed by atoms with Gasteiger partial charge in [0.1, 0.15) is 11.6 Å². The summed E-state index contributed by atoms with van der Waals surface area (Å²) >= 11 is 1.67. The third-order valence-corrected chi connectivity index (χ3v) is 6.49. The molecule has 25 heavy (non-hydrogen) atoms. The third kappa shape index (κ3) is 3.15. The van der Waals surface area contributed by atoms with Gasteiger partial charge in [-0.15, -0.1) is 11.3 Å². The van der Waals surface area contributed by atoms with Gasteiger partial charge in [-0.25, -0.2) is 4.98 Å². The van der Waals surface area contributed by atoms with Crippen molar-refractivity contribution in [3.63, 3.8) is 0 Å². The predicted octanol–water partition coefficient (Wildman–Crippen LogP) is 0.909. The molecule has 1 aromatic heterocycles. The van der Waals surface area contributed by atoms with E-state index in [0.29, 0.717) is 12.5 Å². The molecule has 0 saturated carbocycles. The minimum atomic E-state index is -1.05. The first-order valence-electron chi connectivity index (χ1n) is 8.90. The van der Waals surface area contributed by atoms with Crippen LogP contribution in [0.4, 0.5) is 5.69 Å². The van der Waals surface area contributed by atoms with Crippen molar-refractivity contribution < 1.29 is 15.3 Å².